The lowest BCUT2D eigenvalue weighted by Crippen LogP contribution is -2.42. The molecule has 2 nitrogen and oxygen atoms in total. The van der Waals surface area contributed by atoms with Gasteiger partial charge in [0.05, 0.1) is 6.54 Å². The van der Waals surface area contributed by atoms with E-state index in [1.54, 1.807) is 11.8 Å². The van der Waals surface area contributed by atoms with Gasteiger partial charge in [-0.1, -0.05) is 11.8 Å². The number of hydrogen-bond donors (Lipinski definition) is 0. The first-order valence-corrected chi connectivity index (χ1v) is 5.14. The van der Waals surface area contributed by atoms with Gasteiger partial charge in [0.1, 0.15) is 0 Å². The molecule has 1 heterocycles. The lowest BCUT2D eigenvalue weighted by atomic mass is 10.1. The summed E-state index contributed by atoms with van der Waals surface area (Å²) in [7, 11) is 0. The molecule has 0 N–H and O–H groups in total. The molecule has 1 aliphatic rings. The summed E-state index contributed by atoms with van der Waals surface area (Å²) in [5.74, 6) is 0. The van der Waals surface area contributed by atoms with E-state index in [-0.39, 0.29) is 5.54 Å². The molecule has 0 radical (unpaired) electrons. The quantitative estimate of drug-likeness (QED) is 0.554. The van der Waals surface area contributed by atoms with Crippen LogP contribution < -0.4 is 0 Å². The molecule has 0 fully saturated rings. The summed E-state index contributed by atoms with van der Waals surface area (Å²) in [5, 5.41) is 1.19. The van der Waals surface area contributed by atoms with Crippen molar-refractivity contribution in [1.29, 1.82) is 0 Å². The summed E-state index contributed by atoms with van der Waals surface area (Å²) in [6.07, 6.45) is 2.09. The van der Waals surface area contributed by atoms with Crippen LogP contribution in [0.25, 0.3) is 0 Å². The predicted octanol–water partition coefficient (Wildman–Crippen LogP) is 1.82. The van der Waals surface area contributed by atoms with E-state index in [1.165, 1.54) is 5.17 Å². The van der Waals surface area contributed by atoms with Gasteiger partial charge in [-0.15, -0.1) is 0 Å². The Hall–Kier alpha value is -0.180. The summed E-state index contributed by atoms with van der Waals surface area (Å²) in [5.41, 5.74) is 0.234. The highest BCUT2D eigenvalue weighted by atomic mass is 32.2. The highest BCUT2D eigenvalue weighted by molar-refractivity contribution is 8.13. The molecule has 11 heavy (non-hydrogen) atoms. The molecule has 3 heteroatoms. The topological polar surface area (TPSA) is 15.6 Å². The predicted molar refractivity (Wildman–Crippen MR) is 52.3 cm³/mol. The minimum absolute atomic E-state index is 0.234. The van der Waals surface area contributed by atoms with Crippen LogP contribution in [0.3, 0.4) is 0 Å². The van der Waals surface area contributed by atoms with Gasteiger partial charge in [0.15, 0.2) is 5.17 Å². The maximum atomic E-state index is 4.41. The van der Waals surface area contributed by atoms with E-state index >= 15 is 0 Å². The average molecular weight is 172 g/mol. The fraction of sp³-hybridized carbons (Fsp3) is 0.875. The summed E-state index contributed by atoms with van der Waals surface area (Å²) < 4.78 is 0. The Kier molecular flexibility index (Phi) is 2.47. The van der Waals surface area contributed by atoms with Crippen molar-refractivity contribution >= 4 is 16.9 Å². The molecule has 0 unspecified atom stereocenters. The fourth-order valence-corrected chi connectivity index (χ4v) is 2.03. The summed E-state index contributed by atoms with van der Waals surface area (Å²) in [6.45, 7) is 8.73. The van der Waals surface area contributed by atoms with Gasteiger partial charge in [0.2, 0.25) is 0 Å². The molecule has 0 aromatic rings. The summed E-state index contributed by atoms with van der Waals surface area (Å²) in [4.78, 5) is 6.77. The van der Waals surface area contributed by atoms with Crippen molar-refractivity contribution in [3.63, 3.8) is 0 Å². The number of hydrogen-bond acceptors (Lipinski definition) is 3. The largest absolute Gasteiger partial charge is 0.345 e. The smallest absolute Gasteiger partial charge is 0.159 e. The van der Waals surface area contributed by atoms with Gasteiger partial charge in [0.25, 0.3) is 0 Å². The van der Waals surface area contributed by atoms with Gasteiger partial charge >= 0.3 is 0 Å². The zero-order valence-corrected chi connectivity index (χ0v) is 8.53. The van der Waals surface area contributed by atoms with Crippen molar-refractivity contribution in [2.75, 3.05) is 19.3 Å². The first-order chi connectivity index (χ1) is 5.05. The highest BCUT2D eigenvalue weighted by Gasteiger charge is 2.26. The molecule has 0 atom stereocenters. The maximum Gasteiger partial charge on any atom is 0.159 e. The van der Waals surface area contributed by atoms with E-state index in [0.29, 0.717) is 0 Å². The second-order valence-corrected chi connectivity index (χ2v) is 4.46. The van der Waals surface area contributed by atoms with E-state index < -0.39 is 0 Å². The van der Waals surface area contributed by atoms with Crippen molar-refractivity contribution in [1.82, 2.24) is 4.90 Å². The van der Waals surface area contributed by atoms with E-state index in [4.69, 9.17) is 0 Å². The third-order valence-electron chi connectivity index (χ3n) is 1.79. The minimum atomic E-state index is 0.234. The van der Waals surface area contributed by atoms with Gasteiger partial charge in [-0.25, -0.2) is 0 Å². The molecule has 0 aromatic carbocycles. The molecule has 0 aromatic heterocycles. The molecular formula is C8H16N2S. The molecule has 1 rings (SSSR count). The van der Waals surface area contributed by atoms with Crippen molar-refractivity contribution < 1.29 is 0 Å². The van der Waals surface area contributed by atoms with E-state index in [0.717, 1.165) is 13.1 Å². The fourth-order valence-electron chi connectivity index (χ4n) is 1.22. The molecular weight excluding hydrogens is 156 g/mol. The minimum Gasteiger partial charge on any atom is -0.345 e. The summed E-state index contributed by atoms with van der Waals surface area (Å²) >= 11 is 1.74. The van der Waals surface area contributed by atoms with Crippen LogP contribution >= 0.6 is 11.8 Å². The average Bonchev–Trinajstić information content (AvgIpc) is 2.31. The maximum absolute atomic E-state index is 4.41. The molecule has 0 bridgehead atoms. The third kappa shape index (κ3) is 1.89. The van der Waals surface area contributed by atoms with Crippen molar-refractivity contribution in [2.24, 2.45) is 4.99 Å². The van der Waals surface area contributed by atoms with Crippen LogP contribution in [-0.2, 0) is 0 Å². The van der Waals surface area contributed by atoms with Crippen molar-refractivity contribution in [2.45, 2.75) is 26.3 Å². The Balaban J connectivity index is 2.68. The Morgan fingerprint density at radius 3 is 2.45 bits per heavy atom. The monoisotopic (exact) mass is 172 g/mol. The van der Waals surface area contributed by atoms with Crippen LogP contribution in [0, 0.1) is 0 Å². The normalized spacial score (nSPS) is 18.9. The number of nitrogens with zero attached hydrogens (tertiary/aromatic N) is 2. The first kappa shape index (κ1) is 8.91. The van der Waals surface area contributed by atoms with Gasteiger partial charge in [-0.3, -0.25) is 4.99 Å². The standard InChI is InChI=1S/C8H16N2S/c1-8(2,3)10-6-5-9-7(10)11-4/h5-6H2,1-4H3. The van der Waals surface area contributed by atoms with E-state index in [9.17, 15) is 0 Å². The molecule has 1 aliphatic heterocycles. The Morgan fingerprint density at radius 1 is 1.45 bits per heavy atom. The van der Waals surface area contributed by atoms with Crippen LogP contribution in [0.2, 0.25) is 0 Å². The van der Waals surface area contributed by atoms with E-state index in [2.05, 4.69) is 36.9 Å². The van der Waals surface area contributed by atoms with Gasteiger partial charge < -0.3 is 4.90 Å². The Labute approximate surface area is 73.1 Å². The zero-order chi connectivity index (χ0) is 8.48. The second kappa shape index (κ2) is 3.05. The Morgan fingerprint density at radius 2 is 2.09 bits per heavy atom. The second-order valence-electron chi connectivity index (χ2n) is 3.69. The van der Waals surface area contributed by atoms with Crippen LogP contribution in [0.5, 0.6) is 0 Å². The third-order valence-corrected chi connectivity index (χ3v) is 2.51. The number of aliphatic imine (C=N–C) groups is 1. The summed E-state index contributed by atoms with van der Waals surface area (Å²) in [6, 6.07) is 0. The van der Waals surface area contributed by atoms with Crippen LogP contribution in [-0.4, -0.2) is 35.0 Å². The molecule has 64 valence electrons. The molecule has 0 amide bonds. The molecule has 0 aliphatic carbocycles. The lowest BCUT2D eigenvalue weighted by Gasteiger charge is -2.33. The van der Waals surface area contributed by atoms with Gasteiger partial charge in [-0.2, -0.15) is 0 Å². The highest BCUT2D eigenvalue weighted by Crippen LogP contribution is 2.21. The number of rotatable bonds is 0. The molecule has 0 saturated heterocycles. The SMILES string of the molecule is CSC1=NCCN1C(C)(C)C. The Bertz CT molecular complexity index is 169. The van der Waals surface area contributed by atoms with Crippen LogP contribution in [0.15, 0.2) is 4.99 Å². The number of amidine groups is 1. The van der Waals surface area contributed by atoms with Crippen molar-refractivity contribution in [3.05, 3.63) is 0 Å². The van der Waals surface area contributed by atoms with Gasteiger partial charge in [-0.05, 0) is 27.0 Å². The van der Waals surface area contributed by atoms with Crippen molar-refractivity contribution in [3.8, 4) is 0 Å². The lowest BCUT2D eigenvalue weighted by molar-refractivity contribution is 0.262. The van der Waals surface area contributed by atoms with Crippen LogP contribution in [0.1, 0.15) is 20.8 Å². The molecule has 0 spiro atoms. The van der Waals surface area contributed by atoms with Crippen LogP contribution in [0.4, 0.5) is 0 Å². The molecule has 0 saturated carbocycles. The first-order valence-electron chi connectivity index (χ1n) is 3.92. The zero-order valence-electron chi connectivity index (χ0n) is 7.72. The van der Waals surface area contributed by atoms with Gasteiger partial charge in [0, 0.05) is 12.1 Å². The number of thioether (sulfide) groups is 1. The van der Waals surface area contributed by atoms with E-state index in [1.807, 2.05) is 0 Å².